The molecule has 0 atom stereocenters. The maximum Gasteiger partial charge on any atom is 0.204 e. The van der Waals surface area contributed by atoms with Gasteiger partial charge in [-0.25, -0.2) is 9.97 Å². The molecule has 12 heavy (non-hydrogen) atoms. The molecule has 0 saturated heterocycles. The highest BCUT2D eigenvalue weighted by atomic mass is 16.1. The van der Waals surface area contributed by atoms with Crippen molar-refractivity contribution in [2.24, 2.45) is 0 Å². The molecule has 0 N–H and O–H groups in total. The molecule has 1 aromatic heterocycles. The molecular weight excluding hydrogens is 152 g/mol. The number of aromatic nitrogens is 2. The van der Waals surface area contributed by atoms with Gasteiger partial charge in [-0.3, -0.25) is 4.79 Å². The number of hydrogen-bond acceptors (Lipinski definition) is 3. The van der Waals surface area contributed by atoms with Gasteiger partial charge >= 0.3 is 0 Å². The van der Waals surface area contributed by atoms with Gasteiger partial charge in [-0.05, 0) is 26.0 Å². The van der Waals surface area contributed by atoms with E-state index in [0.717, 1.165) is 5.57 Å². The predicted molar refractivity (Wildman–Crippen MR) is 45.8 cm³/mol. The van der Waals surface area contributed by atoms with E-state index in [4.69, 9.17) is 0 Å². The smallest absolute Gasteiger partial charge is 0.204 e. The quantitative estimate of drug-likeness (QED) is 0.490. The molecule has 1 aromatic rings. The van der Waals surface area contributed by atoms with Crippen LogP contribution in [0.4, 0.5) is 0 Å². The number of ketones is 1. The van der Waals surface area contributed by atoms with Crippen LogP contribution < -0.4 is 0 Å². The van der Waals surface area contributed by atoms with Gasteiger partial charge in [0, 0.05) is 6.20 Å². The molecule has 0 spiro atoms. The van der Waals surface area contributed by atoms with Gasteiger partial charge in [0.15, 0.2) is 0 Å². The number of rotatable bonds is 2. The van der Waals surface area contributed by atoms with Crippen LogP contribution in [0.15, 0.2) is 30.2 Å². The van der Waals surface area contributed by atoms with Crippen molar-refractivity contribution in [1.82, 2.24) is 9.97 Å². The molecule has 0 radical (unpaired) electrons. The number of carbonyl (C=O) groups is 1. The summed E-state index contributed by atoms with van der Waals surface area (Å²) >= 11 is 0. The first-order valence-electron chi connectivity index (χ1n) is 3.65. The normalized spacial score (nSPS) is 9.17. The summed E-state index contributed by atoms with van der Waals surface area (Å²) in [6, 6.07) is 1.60. The van der Waals surface area contributed by atoms with Crippen LogP contribution in [0.3, 0.4) is 0 Å². The lowest BCUT2D eigenvalue weighted by Gasteiger charge is -1.92. The fourth-order valence-corrected chi connectivity index (χ4v) is 0.773. The van der Waals surface area contributed by atoms with Gasteiger partial charge in [-0.2, -0.15) is 0 Å². The Morgan fingerprint density at radius 2 is 2.25 bits per heavy atom. The van der Waals surface area contributed by atoms with E-state index in [2.05, 4.69) is 9.97 Å². The number of nitrogens with zero attached hydrogens (tertiary/aromatic N) is 2. The van der Waals surface area contributed by atoms with Gasteiger partial charge in [-0.15, -0.1) is 0 Å². The summed E-state index contributed by atoms with van der Waals surface area (Å²) in [5.74, 6) is -0.0719. The minimum Gasteiger partial charge on any atom is -0.288 e. The Hall–Kier alpha value is -1.51. The van der Waals surface area contributed by atoms with Crippen molar-refractivity contribution >= 4 is 5.78 Å². The van der Waals surface area contributed by atoms with Crippen LogP contribution in [0, 0.1) is 0 Å². The van der Waals surface area contributed by atoms with Crippen molar-refractivity contribution in [3.63, 3.8) is 0 Å². The predicted octanol–water partition coefficient (Wildman–Crippen LogP) is 1.63. The molecule has 3 heteroatoms. The number of hydrogen-bond donors (Lipinski definition) is 0. The molecule has 0 fully saturated rings. The Morgan fingerprint density at radius 3 is 2.75 bits per heavy atom. The van der Waals surface area contributed by atoms with E-state index in [1.165, 1.54) is 6.33 Å². The molecule has 0 aliphatic heterocycles. The maximum absolute atomic E-state index is 11.3. The average molecular weight is 162 g/mol. The fraction of sp³-hybridized carbons (Fsp3) is 0.222. The summed E-state index contributed by atoms with van der Waals surface area (Å²) in [5, 5.41) is 0. The van der Waals surface area contributed by atoms with Crippen LogP contribution in [0.25, 0.3) is 0 Å². The molecule has 1 rings (SSSR count). The summed E-state index contributed by atoms with van der Waals surface area (Å²) in [6.07, 6.45) is 4.48. The molecule has 0 bridgehead atoms. The number of allylic oxidation sites excluding steroid dienone is 2. The molecule has 3 nitrogen and oxygen atoms in total. The Morgan fingerprint density at radius 1 is 1.50 bits per heavy atom. The first-order chi connectivity index (χ1) is 5.70. The molecule has 0 saturated carbocycles. The lowest BCUT2D eigenvalue weighted by Crippen LogP contribution is -1.98. The third kappa shape index (κ3) is 2.27. The minimum absolute atomic E-state index is 0.0719. The second-order valence-electron chi connectivity index (χ2n) is 2.68. The highest BCUT2D eigenvalue weighted by Gasteiger charge is 2.01. The summed E-state index contributed by atoms with van der Waals surface area (Å²) in [4.78, 5) is 18.8. The Kier molecular flexibility index (Phi) is 2.69. The molecule has 62 valence electrons. The van der Waals surface area contributed by atoms with Crippen LogP contribution in [0.1, 0.15) is 24.3 Å². The molecule has 0 aliphatic rings. The standard InChI is InChI=1S/C9H10N2O/c1-7(2)5-9(12)8-3-4-10-6-11-8/h3-6H,1-2H3. The first-order valence-corrected chi connectivity index (χ1v) is 3.65. The van der Waals surface area contributed by atoms with Gasteiger partial charge in [0.25, 0.3) is 0 Å². The third-order valence-corrected chi connectivity index (χ3v) is 1.25. The zero-order valence-electron chi connectivity index (χ0n) is 7.11. The Balaban J connectivity index is 2.87. The average Bonchev–Trinajstić information content (AvgIpc) is 2.05. The highest BCUT2D eigenvalue weighted by Crippen LogP contribution is 1.97. The summed E-state index contributed by atoms with van der Waals surface area (Å²) < 4.78 is 0. The molecule has 0 aliphatic carbocycles. The van der Waals surface area contributed by atoms with E-state index in [1.807, 2.05) is 13.8 Å². The number of carbonyl (C=O) groups excluding carboxylic acids is 1. The van der Waals surface area contributed by atoms with Gasteiger partial charge in [0.1, 0.15) is 12.0 Å². The zero-order valence-corrected chi connectivity index (χ0v) is 7.11. The molecular formula is C9H10N2O. The maximum atomic E-state index is 11.3. The van der Waals surface area contributed by atoms with Crippen molar-refractivity contribution in [3.05, 3.63) is 35.9 Å². The van der Waals surface area contributed by atoms with Crippen LogP contribution in [-0.2, 0) is 0 Å². The highest BCUT2D eigenvalue weighted by molar-refractivity contribution is 6.03. The fourth-order valence-electron chi connectivity index (χ4n) is 0.773. The first kappa shape index (κ1) is 8.59. The van der Waals surface area contributed by atoms with Gasteiger partial charge in [-0.1, -0.05) is 5.57 Å². The van der Waals surface area contributed by atoms with E-state index < -0.39 is 0 Å². The van der Waals surface area contributed by atoms with Crippen LogP contribution in [0.2, 0.25) is 0 Å². The molecule has 0 aromatic carbocycles. The van der Waals surface area contributed by atoms with Gasteiger partial charge in [0.05, 0.1) is 0 Å². The lowest BCUT2D eigenvalue weighted by atomic mass is 10.2. The van der Waals surface area contributed by atoms with Gasteiger partial charge < -0.3 is 0 Å². The summed E-state index contributed by atoms with van der Waals surface area (Å²) in [6.45, 7) is 3.75. The lowest BCUT2D eigenvalue weighted by molar-refractivity contribution is 0.104. The second-order valence-corrected chi connectivity index (χ2v) is 2.68. The SMILES string of the molecule is CC(C)=CC(=O)c1ccncn1. The summed E-state index contributed by atoms with van der Waals surface area (Å²) in [5.41, 5.74) is 1.41. The van der Waals surface area contributed by atoms with E-state index in [-0.39, 0.29) is 5.78 Å². The van der Waals surface area contributed by atoms with E-state index >= 15 is 0 Å². The Bertz CT molecular complexity index is 300. The Labute approximate surface area is 71.2 Å². The summed E-state index contributed by atoms with van der Waals surface area (Å²) in [7, 11) is 0. The molecule has 1 heterocycles. The third-order valence-electron chi connectivity index (χ3n) is 1.25. The van der Waals surface area contributed by atoms with Crippen molar-refractivity contribution in [2.75, 3.05) is 0 Å². The van der Waals surface area contributed by atoms with Crippen molar-refractivity contribution in [3.8, 4) is 0 Å². The van der Waals surface area contributed by atoms with Crippen LogP contribution in [-0.4, -0.2) is 15.8 Å². The zero-order chi connectivity index (χ0) is 8.97. The van der Waals surface area contributed by atoms with Gasteiger partial charge in [0.2, 0.25) is 5.78 Å². The molecule has 0 unspecified atom stereocenters. The van der Waals surface area contributed by atoms with Crippen molar-refractivity contribution in [1.29, 1.82) is 0 Å². The second kappa shape index (κ2) is 3.76. The van der Waals surface area contributed by atoms with Crippen molar-refractivity contribution < 1.29 is 4.79 Å². The van der Waals surface area contributed by atoms with E-state index in [1.54, 1.807) is 18.3 Å². The van der Waals surface area contributed by atoms with Crippen molar-refractivity contribution in [2.45, 2.75) is 13.8 Å². The minimum atomic E-state index is -0.0719. The van der Waals surface area contributed by atoms with Crippen LogP contribution in [0.5, 0.6) is 0 Å². The van der Waals surface area contributed by atoms with E-state index in [0.29, 0.717) is 5.69 Å². The molecule has 0 amide bonds. The van der Waals surface area contributed by atoms with E-state index in [9.17, 15) is 4.79 Å². The topological polar surface area (TPSA) is 42.9 Å². The largest absolute Gasteiger partial charge is 0.288 e. The monoisotopic (exact) mass is 162 g/mol. The van der Waals surface area contributed by atoms with Crippen LogP contribution >= 0.6 is 0 Å².